The first-order valence-electron chi connectivity index (χ1n) is 11.0. The van der Waals surface area contributed by atoms with E-state index in [0.717, 1.165) is 16.5 Å². The van der Waals surface area contributed by atoms with E-state index in [1.807, 2.05) is 43.5 Å². The number of carbonyl (C=O) groups excluding carboxylic acids is 2. The SMILES string of the molecule is CCCN1C(=O)C(=O)/C(=C(/O)c2cccc(OCC(C)C)c2)C1c1c[nH]c2ccccc12. The summed E-state index contributed by atoms with van der Waals surface area (Å²) in [5.41, 5.74) is 2.26. The normalized spacial score (nSPS) is 18.1. The molecule has 1 aliphatic rings. The number of hydrogen-bond acceptors (Lipinski definition) is 4. The second-order valence-corrected chi connectivity index (χ2v) is 8.51. The van der Waals surface area contributed by atoms with Crippen molar-refractivity contribution in [2.45, 2.75) is 33.2 Å². The Hall–Kier alpha value is -3.54. The lowest BCUT2D eigenvalue weighted by molar-refractivity contribution is -0.139. The lowest BCUT2D eigenvalue weighted by Crippen LogP contribution is -2.30. The number of aliphatic hydroxyl groups excluding tert-OH is 1. The maximum Gasteiger partial charge on any atom is 0.295 e. The van der Waals surface area contributed by atoms with Crippen LogP contribution in [0.3, 0.4) is 0 Å². The van der Waals surface area contributed by atoms with Crippen LogP contribution in [0.2, 0.25) is 0 Å². The van der Waals surface area contributed by atoms with Crippen LogP contribution in [0.5, 0.6) is 5.75 Å². The van der Waals surface area contributed by atoms with Gasteiger partial charge in [-0.15, -0.1) is 0 Å². The summed E-state index contributed by atoms with van der Waals surface area (Å²) in [5, 5.41) is 12.2. The number of hydrogen-bond donors (Lipinski definition) is 2. The average molecular weight is 433 g/mol. The van der Waals surface area contributed by atoms with Crippen molar-refractivity contribution in [2.24, 2.45) is 5.92 Å². The van der Waals surface area contributed by atoms with Gasteiger partial charge in [0, 0.05) is 34.8 Å². The van der Waals surface area contributed by atoms with Gasteiger partial charge in [0.05, 0.1) is 18.2 Å². The predicted octanol–water partition coefficient (Wildman–Crippen LogP) is 5.03. The van der Waals surface area contributed by atoms with Crippen molar-refractivity contribution in [1.29, 1.82) is 0 Å². The van der Waals surface area contributed by atoms with Gasteiger partial charge >= 0.3 is 0 Å². The van der Waals surface area contributed by atoms with Gasteiger partial charge in [-0.2, -0.15) is 0 Å². The zero-order chi connectivity index (χ0) is 22.8. The molecule has 2 N–H and O–H groups in total. The minimum absolute atomic E-state index is 0.106. The molecule has 6 nitrogen and oxygen atoms in total. The first kappa shape index (κ1) is 21.7. The van der Waals surface area contributed by atoms with Crippen molar-refractivity contribution in [1.82, 2.24) is 9.88 Å². The molecule has 4 rings (SSSR count). The number of aliphatic hydroxyl groups is 1. The number of fused-ring (bicyclic) bond motifs is 1. The Balaban J connectivity index is 1.84. The number of rotatable bonds is 7. The molecule has 0 aliphatic carbocycles. The minimum atomic E-state index is -0.667. The van der Waals surface area contributed by atoms with Crippen molar-refractivity contribution in [2.75, 3.05) is 13.2 Å². The fraction of sp³-hybridized carbons (Fsp3) is 0.308. The average Bonchev–Trinajstić information content (AvgIpc) is 3.32. The highest BCUT2D eigenvalue weighted by atomic mass is 16.5. The second-order valence-electron chi connectivity index (χ2n) is 8.51. The molecule has 166 valence electrons. The monoisotopic (exact) mass is 432 g/mol. The smallest absolute Gasteiger partial charge is 0.295 e. The van der Waals surface area contributed by atoms with E-state index in [0.29, 0.717) is 36.8 Å². The standard InChI is InChI=1S/C26H28N2O4/c1-4-12-28-23(20-14-27-21-11-6-5-10-19(20)21)22(25(30)26(28)31)24(29)17-8-7-9-18(13-17)32-15-16(2)3/h5-11,13-14,16,23,27,29H,4,12,15H2,1-3H3/b24-22+. The number of ether oxygens (including phenoxy) is 1. The predicted molar refractivity (Wildman–Crippen MR) is 124 cm³/mol. The number of aromatic nitrogens is 1. The van der Waals surface area contributed by atoms with Crippen LogP contribution in [0, 0.1) is 5.92 Å². The molecule has 0 saturated carbocycles. The highest BCUT2D eigenvalue weighted by Crippen LogP contribution is 2.42. The summed E-state index contributed by atoms with van der Waals surface area (Å²) in [6, 6.07) is 14.1. The molecule has 1 unspecified atom stereocenters. The van der Waals surface area contributed by atoms with Crippen LogP contribution in [-0.4, -0.2) is 39.8 Å². The third-order valence-corrected chi connectivity index (χ3v) is 5.61. The highest BCUT2D eigenvalue weighted by molar-refractivity contribution is 6.46. The Morgan fingerprint density at radius 2 is 1.94 bits per heavy atom. The third kappa shape index (κ3) is 3.88. The quantitative estimate of drug-likeness (QED) is 0.311. The van der Waals surface area contributed by atoms with Gasteiger partial charge in [-0.25, -0.2) is 0 Å². The number of para-hydroxylation sites is 1. The van der Waals surface area contributed by atoms with Gasteiger partial charge in [-0.1, -0.05) is 51.1 Å². The van der Waals surface area contributed by atoms with Crippen LogP contribution in [0.15, 0.2) is 60.3 Å². The summed E-state index contributed by atoms with van der Waals surface area (Å²) in [7, 11) is 0. The number of aromatic amines is 1. The maximum atomic E-state index is 13.1. The van der Waals surface area contributed by atoms with Gasteiger partial charge in [0.1, 0.15) is 11.5 Å². The topological polar surface area (TPSA) is 82.6 Å². The summed E-state index contributed by atoms with van der Waals surface area (Å²) in [6.07, 6.45) is 2.52. The molecule has 1 fully saturated rings. The Labute approximate surface area is 187 Å². The van der Waals surface area contributed by atoms with Crippen molar-refractivity contribution in [3.05, 3.63) is 71.4 Å². The first-order valence-corrected chi connectivity index (χ1v) is 11.0. The van der Waals surface area contributed by atoms with Crippen molar-refractivity contribution in [3.8, 4) is 5.75 Å². The van der Waals surface area contributed by atoms with E-state index in [1.54, 1.807) is 23.1 Å². The van der Waals surface area contributed by atoms with Crippen molar-refractivity contribution < 1.29 is 19.4 Å². The largest absolute Gasteiger partial charge is 0.507 e. The molecule has 1 saturated heterocycles. The number of ketones is 1. The molecule has 6 heteroatoms. The lowest BCUT2D eigenvalue weighted by atomic mass is 9.95. The van der Waals surface area contributed by atoms with E-state index in [1.165, 1.54) is 0 Å². The molecule has 1 aromatic heterocycles. The number of carbonyl (C=O) groups is 2. The minimum Gasteiger partial charge on any atom is -0.507 e. The Morgan fingerprint density at radius 1 is 1.16 bits per heavy atom. The molecule has 0 radical (unpaired) electrons. The van der Waals surface area contributed by atoms with Gasteiger partial charge in [0.2, 0.25) is 0 Å². The van der Waals surface area contributed by atoms with Crippen LogP contribution in [0.1, 0.15) is 44.4 Å². The summed E-state index contributed by atoms with van der Waals surface area (Å²) < 4.78 is 5.78. The first-order chi connectivity index (χ1) is 15.4. The number of nitrogens with one attached hydrogen (secondary N) is 1. The number of likely N-dealkylation sites (tertiary alicyclic amines) is 1. The van der Waals surface area contributed by atoms with E-state index >= 15 is 0 Å². The molecule has 0 bridgehead atoms. The number of Topliss-reactive ketones (excluding diaryl/α,β-unsaturated/α-hetero) is 1. The molecular weight excluding hydrogens is 404 g/mol. The van der Waals surface area contributed by atoms with E-state index in [2.05, 4.69) is 18.8 Å². The fourth-order valence-electron chi connectivity index (χ4n) is 4.15. The van der Waals surface area contributed by atoms with Crippen molar-refractivity contribution >= 4 is 28.4 Å². The molecule has 1 amide bonds. The van der Waals surface area contributed by atoms with Gasteiger partial charge in [0.15, 0.2) is 0 Å². The molecule has 2 aromatic carbocycles. The summed E-state index contributed by atoms with van der Waals surface area (Å²) in [6.45, 7) is 7.03. The lowest BCUT2D eigenvalue weighted by Gasteiger charge is -2.24. The number of benzene rings is 2. The summed E-state index contributed by atoms with van der Waals surface area (Å²) in [4.78, 5) is 30.8. The van der Waals surface area contributed by atoms with E-state index in [9.17, 15) is 14.7 Å². The second kappa shape index (κ2) is 8.91. The molecule has 32 heavy (non-hydrogen) atoms. The van der Waals surface area contributed by atoms with E-state index in [4.69, 9.17) is 4.74 Å². The van der Waals surface area contributed by atoms with Crippen molar-refractivity contribution in [3.63, 3.8) is 0 Å². The Morgan fingerprint density at radius 3 is 2.69 bits per heavy atom. The van der Waals surface area contributed by atoms with Gasteiger partial charge in [-0.3, -0.25) is 9.59 Å². The van der Waals surface area contributed by atoms with Crippen LogP contribution in [0.25, 0.3) is 16.7 Å². The highest BCUT2D eigenvalue weighted by Gasteiger charge is 2.46. The molecule has 1 atom stereocenters. The van der Waals surface area contributed by atoms with Gasteiger partial charge in [0.25, 0.3) is 11.7 Å². The van der Waals surface area contributed by atoms with Crippen LogP contribution < -0.4 is 4.74 Å². The molecule has 2 heterocycles. The molecule has 0 spiro atoms. The maximum absolute atomic E-state index is 13.1. The van der Waals surface area contributed by atoms with Crippen LogP contribution >= 0.6 is 0 Å². The zero-order valence-electron chi connectivity index (χ0n) is 18.6. The van der Waals surface area contributed by atoms with Crippen LogP contribution in [-0.2, 0) is 9.59 Å². The zero-order valence-corrected chi connectivity index (χ0v) is 18.6. The Bertz CT molecular complexity index is 1190. The summed E-state index contributed by atoms with van der Waals surface area (Å²) >= 11 is 0. The van der Waals surface area contributed by atoms with E-state index < -0.39 is 17.7 Å². The number of H-pyrrole nitrogens is 1. The number of amides is 1. The molecular formula is C26H28N2O4. The van der Waals surface area contributed by atoms with Gasteiger partial charge < -0.3 is 19.7 Å². The fourth-order valence-corrected chi connectivity index (χ4v) is 4.15. The molecule has 1 aliphatic heterocycles. The Kier molecular flexibility index (Phi) is 6.04. The molecule has 3 aromatic rings. The van der Waals surface area contributed by atoms with Gasteiger partial charge in [-0.05, 0) is 30.5 Å². The summed E-state index contributed by atoms with van der Waals surface area (Å²) in [5.74, 6) is -0.481. The third-order valence-electron chi connectivity index (χ3n) is 5.61. The van der Waals surface area contributed by atoms with Crippen LogP contribution in [0.4, 0.5) is 0 Å². The number of nitrogens with zero attached hydrogens (tertiary/aromatic N) is 1. The van der Waals surface area contributed by atoms with E-state index in [-0.39, 0.29) is 11.3 Å².